The molecule has 0 aromatic carbocycles. The van der Waals surface area contributed by atoms with Crippen LogP contribution in [0.3, 0.4) is 0 Å². The molecular weight excluding hydrogens is 566 g/mol. The van der Waals surface area contributed by atoms with Crippen LogP contribution in [0.25, 0.3) is 0 Å². The highest BCUT2D eigenvalue weighted by Gasteiger charge is 2.05. The normalized spacial score (nSPS) is 11.0. The first-order chi connectivity index (χ1) is 22.1. The summed E-state index contributed by atoms with van der Waals surface area (Å²) >= 11 is 0. The van der Waals surface area contributed by atoms with E-state index in [-0.39, 0.29) is 18.0 Å². The van der Waals surface area contributed by atoms with Crippen molar-refractivity contribution >= 4 is 18.0 Å². The van der Waals surface area contributed by atoms with Gasteiger partial charge in [0, 0.05) is 19.4 Å². The number of nitrogens with one attached hydrogen (secondary N) is 1. The first-order valence-corrected chi connectivity index (χ1v) is 19.3. The van der Waals surface area contributed by atoms with Gasteiger partial charge in [-0.15, -0.1) is 0 Å². The van der Waals surface area contributed by atoms with Crippen LogP contribution in [0.5, 0.6) is 0 Å². The lowest BCUT2D eigenvalue weighted by Gasteiger charge is -2.08. The maximum absolute atomic E-state index is 11.9. The Balaban J connectivity index is 3.33. The van der Waals surface area contributed by atoms with E-state index >= 15 is 0 Å². The summed E-state index contributed by atoms with van der Waals surface area (Å²) in [5.41, 5.74) is 0. The molecule has 0 bridgehead atoms. The molecule has 0 rings (SSSR count). The first kappa shape index (κ1) is 43.2. The zero-order valence-electron chi connectivity index (χ0n) is 29.8. The van der Waals surface area contributed by atoms with Crippen molar-refractivity contribution in [2.45, 2.75) is 200 Å². The van der Waals surface area contributed by atoms with Crippen LogP contribution < -0.4 is 5.32 Å². The van der Waals surface area contributed by atoms with Gasteiger partial charge in [0.15, 0.2) is 0 Å². The van der Waals surface area contributed by atoms with Gasteiger partial charge in [-0.3, -0.25) is 9.59 Å². The quantitative estimate of drug-likeness (QED) is 0.0421. The summed E-state index contributed by atoms with van der Waals surface area (Å²) in [6.07, 6.45) is 31.9. The van der Waals surface area contributed by atoms with E-state index in [1.807, 2.05) is 0 Å². The maximum atomic E-state index is 11.9. The number of hydrogen-bond donors (Lipinski definition) is 1. The Bertz CT molecular complexity index is 656. The second-order valence-corrected chi connectivity index (χ2v) is 12.8. The largest absolute Gasteiger partial charge is 0.466 e. The van der Waals surface area contributed by atoms with Crippen LogP contribution in [-0.4, -0.2) is 44.4 Å². The van der Waals surface area contributed by atoms with Crippen LogP contribution in [0, 0.1) is 0 Å². The van der Waals surface area contributed by atoms with Gasteiger partial charge in [-0.25, -0.2) is 4.79 Å². The number of amides is 1. The van der Waals surface area contributed by atoms with Gasteiger partial charge in [-0.2, -0.15) is 0 Å². The van der Waals surface area contributed by atoms with Crippen LogP contribution in [0.2, 0.25) is 0 Å². The van der Waals surface area contributed by atoms with E-state index in [0.29, 0.717) is 39.2 Å². The number of carbonyl (C=O) groups is 3. The van der Waals surface area contributed by atoms with Gasteiger partial charge in [0.1, 0.15) is 0 Å². The lowest BCUT2D eigenvalue weighted by Crippen LogP contribution is -2.25. The average Bonchev–Trinajstić information content (AvgIpc) is 3.03. The molecule has 266 valence electrons. The molecule has 0 unspecified atom stereocenters. The van der Waals surface area contributed by atoms with Crippen LogP contribution in [0.15, 0.2) is 0 Å². The summed E-state index contributed by atoms with van der Waals surface area (Å²) in [6.45, 7) is 6.52. The van der Waals surface area contributed by atoms with E-state index in [1.165, 1.54) is 103 Å². The van der Waals surface area contributed by atoms with Gasteiger partial charge < -0.3 is 19.5 Å². The summed E-state index contributed by atoms with van der Waals surface area (Å²) in [4.78, 5) is 35.6. The number of esters is 2. The average molecular weight is 640 g/mol. The molecule has 7 heteroatoms. The number of alkyl carbamates (subject to hydrolysis) is 1. The molecule has 0 aliphatic carbocycles. The fourth-order valence-corrected chi connectivity index (χ4v) is 5.40. The van der Waals surface area contributed by atoms with E-state index in [4.69, 9.17) is 14.2 Å². The summed E-state index contributed by atoms with van der Waals surface area (Å²) in [5, 5.41) is 2.77. The van der Waals surface area contributed by atoms with Crippen molar-refractivity contribution in [3.63, 3.8) is 0 Å². The van der Waals surface area contributed by atoms with Crippen LogP contribution in [0.1, 0.15) is 200 Å². The molecule has 7 nitrogen and oxygen atoms in total. The Hall–Kier alpha value is -1.79. The minimum absolute atomic E-state index is 0.0946. The standard InChI is InChI=1S/C38H73NO6/c1-3-5-7-9-11-13-15-17-20-27-33-43-36(40)30-24-19-22-29-35-45-38(42)39-32-26-23-25-31-37(41)44-34-28-21-18-16-14-12-10-8-6-4-2/h3-35H2,1-2H3,(H,39,42). The molecule has 0 aliphatic heterocycles. The van der Waals surface area contributed by atoms with E-state index in [1.54, 1.807) is 0 Å². The molecule has 0 saturated heterocycles. The predicted molar refractivity (Wildman–Crippen MR) is 187 cm³/mol. The number of hydrogen-bond acceptors (Lipinski definition) is 6. The summed E-state index contributed by atoms with van der Waals surface area (Å²) in [5.74, 6) is -0.206. The summed E-state index contributed by atoms with van der Waals surface area (Å²) in [6, 6.07) is 0. The Morgan fingerprint density at radius 3 is 1.09 bits per heavy atom. The third-order valence-corrected chi connectivity index (χ3v) is 8.36. The van der Waals surface area contributed by atoms with Gasteiger partial charge in [0.05, 0.1) is 19.8 Å². The van der Waals surface area contributed by atoms with Crippen molar-refractivity contribution in [3.05, 3.63) is 0 Å². The van der Waals surface area contributed by atoms with Crippen LogP contribution >= 0.6 is 0 Å². The maximum Gasteiger partial charge on any atom is 0.407 e. The zero-order chi connectivity index (χ0) is 32.9. The van der Waals surface area contributed by atoms with Crippen molar-refractivity contribution < 1.29 is 28.6 Å². The lowest BCUT2D eigenvalue weighted by molar-refractivity contribution is -0.144. The second kappa shape index (κ2) is 36.7. The van der Waals surface area contributed by atoms with Gasteiger partial charge >= 0.3 is 18.0 Å². The Morgan fingerprint density at radius 2 is 0.689 bits per heavy atom. The molecule has 0 aromatic heterocycles. The van der Waals surface area contributed by atoms with Crippen LogP contribution in [0.4, 0.5) is 4.79 Å². The second-order valence-electron chi connectivity index (χ2n) is 12.8. The molecule has 0 aliphatic rings. The van der Waals surface area contributed by atoms with Crippen molar-refractivity contribution in [3.8, 4) is 0 Å². The predicted octanol–water partition coefficient (Wildman–Crippen LogP) is 11.2. The zero-order valence-corrected chi connectivity index (χ0v) is 29.8. The highest BCUT2D eigenvalue weighted by atomic mass is 16.5. The fraction of sp³-hybridized carbons (Fsp3) is 0.921. The van der Waals surface area contributed by atoms with Gasteiger partial charge in [0.25, 0.3) is 0 Å². The monoisotopic (exact) mass is 640 g/mol. The molecule has 0 saturated carbocycles. The van der Waals surface area contributed by atoms with Crippen molar-refractivity contribution in [2.24, 2.45) is 0 Å². The van der Waals surface area contributed by atoms with E-state index < -0.39 is 0 Å². The molecule has 0 radical (unpaired) electrons. The number of carbonyl (C=O) groups excluding carboxylic acids is 3. The van der Waals surface area contributed by atoms with Crippen molar-refractivity contribution in [1.82, 2.24) is 5.32 Å². The van der Waals surface area contributed by atoms with Gasteiger partial charge in [-0.05, 0) is 38.5 Å². The lowest BCUT2D eigenvalue weighted by atomic mass is 10.1. The number of unbranched alkanes of at least 4 members (excludes halogenated alkanes) is 23. The molecule has 0 heterocycles. The van der Waals surface area contributed by atoms with E-state index in [2.05, 4.69) is 19.2 Å². The Labute approximate surface area is 278 Å². The van der Waals surface area contributed by atoms with Crippen molar-refractivity contribution in [1.29, 1.82) is 0 Å². The molecular formula is C38H73NO6. The third kappa shape index (κ3) is 36.6. The minimum atomic E-state index is -0.388. The Morgan fingerprint density at radius 1 is 0.378 bits per heavy atom. The molecule has 0 atom stereocenters. The fourth-order valence-electron chi connectivity index (χ4n) is 5.40. The van der Waals surface area contributed by atoms with Crippen LogP contribution in [-0.2, 0) is 23.8 Å². The molecule has 1 N–H and O–H groups in total. The van der Waals surface area contributed by atoms with E-state index in [0.717, 1.165) is 70.6 Å². The SMILES string of the molecule is CCCCCCCCCCCCOC(=O)CCCCCCOC(=O)NCCCCCC(=O)OCCCCCCCCCCCC. The molecule has 1 amide bonds. The van der Waals surface area contributed by atoms with Gasteiger partial charge in [0.2, 0.25) is 0 Å². The summed E-state index contributed by atoms with van der Waals surface area (Å²) < 4.78 is 15.9. The third-order valence-electron chi connectivity index (χ3n) is 8.36. The molecule has 0 aromatic rings. The number of ether oxygens (including phenoxy) is 3. The number of rotatable bonds is 35. The Kier molecular flexibility index (Phi) is 35.2. The molecule has 0 spiro atoms. The van der Waals surface area contributed by atoms with E-state index in [9.17, 15) is 14.4 Å². The van der Waals surface area contributed by atoms with Crippen molar-refractivity contribution in [2.75, 3.05) is 26.4 Å². The highest BCUT2D eigenvalue weighted by Crippen LogP contribution is 2.12. The van der Waals surface area contributed by atoms with Gasteiger partial charge in [-0.1, -0.05) is 149 Å². The minimum Gasteiger partial charge on any atom is -0.466 e. The smallest absolute Gasteiger partial charge is 0.407 e. The first-order valence-electron chi connectivity index (χ1n) is 19.3. The molecule has 0 fully saturated rings. The molecule has 45 heavy (non-hydrogen) atoms. The summed E-state index contributed by atoms with van der Waals surface area (Å²) in [7, 11) is 0. The topological polar surface area (TPSA) is 90.9 Å². The highest BCUT2D eigenvalue weighted by molar-refractivity contribution is 5.69.